The molecule has 0 atom stereocenters. The van der Waals surface area contributed by atoms with Gasteiger partial charge in [-0.25, -0.2) is 8.42 Å². The molecule has 2 rings (SSSR count). The molecule has 0 aliphatic rings. The molecule has 0 saturated heterocycles. The Kier molecular flexibility index (Phi) is 5.15. The Hall–Kier alpha value is -2.52. The second-order valence-corrected chi connectivity index (χ2v) is 7.05. The summed E-state index contributed by atoms with van der Waals surface area (Å²) in [6.45, 7) is 0. The van der Waals surface area contributed by atoms with E-state index in [0.29, 0.717) is 5.69 Å². The van der Waals surface area contributed by atoms with Gasteiger partial charge in [-0.2, -0.15) is 0 Å². The standard InChI is InChI=1S/C14H14ClN3O5S/c1-17(2)11-5-3-4-10(8-11)16-24(21,22)12-6-7-13(15)14(9-12)23-18(19)20/h3-9,16H,1-2H3. The van der Waals surface area contributed by atoms with Crippen molar-refractivity contribution in [2.24, 2.45) is 0 Å². The van der Waals surface area contributed by atoms with Gasteiger partial charge in [0.2, 0.25) is 0 Å². The predicted molar refractivity (Wildman–Crippen MR) is 90.7 cm³/mol. The fourth-order valence-corrected chi connectivity index (χ4v) is 3.08. The average Bonchev–Trinajstić information content (AvgIpc) is 2.48. The molecular formula is C14H14ClN3O5S. The number of benzene rings is 2. The number of hydrogen-bond donors (Lipinski definition) is 1. The number of rotatable bonds is 6. The summed E-state index contributed by atoms with van der Waals surface area (Å²) in [4.78, 5) is 16.3. The molecule has 0 unspecified atom stereocenters. The lowest BCUT2D eigenvalue weighted by Gasteiger charge is -2.15. The van der Waals surface area contributed by atoms with Crippen LogP contribution in [0.5, 0.6) is 5.75 Å². The van der Waals surface area contributed by atoms with Gasteiger partial charge in [-0.1, -0.05) is 17.7 Å². The lowest BCUT2D eigenvalue weighted by molar-refractivity contribution is -0.711. The van der Waals surface area contributed by atoms with E-state index in [9.17, 15) is 18.5 Å². The highest BCUT2D eigenvalue weighted by Crippen LogP contribution is 2.29. The van der Waals surface area contributed by atoms with Gasteiger partial charge in [-0.15, -0.1) is 10.1 Å². The normalized spacial score (nSPS) is 11.0. The molecule has 0 heterocycles. The summed E-state index contributed by atoms with van der Waals surface area (Å²) in [5.41, 5.74) is 1.16. The number of nitrogens with zero attached hydrogens (tertiary/aromatic N) is 2. The first-order valence-corrected chi connectivity index (χ1v) is 8.47. The van der Waals surface area contributed by atoms with Gasteiger partial charge in [0.1, 0.15) is 5.75 Å². The molecule has 0 saturated carbocycles. The second-order valence-electron chi connectivity index (χ2n) is 4.96. The minimum absolute atomic E-state index is 0.0692. The van der Waals surface area contributed by atoms with Crippen molar-refractivity contribution in [1.29, 1.82) is 0 Å². The number of sulfonamides is 1. The molecule has 24 heavy (non-hydrogen) atoms. The van der Waals surface area contributed by atoms with E-state index in [4.69, 9.17) is 11.6 Å². The Morgan fingerprint density at radius 2 is 1.92 bits per heavy atom. The van der Waals surface area contributed by atoms with Crippen molar-refractivity contribution in [3.8, 4) is 5.75 Å². The van der Waals surface area contributed by atoms with Crippen LogP contribution >= 0.6 is 11.6 Å². The van der Waals surface area contributed by atoms with Crippen LogP contribution in [-0.4, -0.2) is 27.6 Å². The van der Waals surface area contributed by atoms with Gasteiger partial charge in [0, 0.05) is 19.8 Å². The van der Waals surface area contributed by atoms with Gasteiger partial charge in [-0.3, -0.25) is 9.56 Å². The summed E-state index contributed by atoms with van der Waals surface area (Å²) >= 11 is 5.76. The van der Waals surface area contributed by atoms with Crippen molar-refractivity contribution in [3.63, 3.8) is 0 Å². The van der Waals surface area contributed by atoms with Gasteiger partial charge in [0.15, 0.2) is 0 Å². The molecule has 0 amide bonds. The Morgan fingerprint density at radius 1 is 1.21 bits per heavy atom. The van der Waals surface area contributed by atoms with E-state index < -0.39 is 15.1 Å². The molecule has 10 heteroatoms. The van der Waals surface area contributed by atoms with Crippen LogP contribution in [0.25, 0.3) is 0 Å². The van der Waals surface area contributed by atoms with Gasteiger partial charge in [0.05, 0.1) is 15.6 Å². The quantitative estimate of drug-likeness (QED) is 0.618. The molecule has 0 fully saturated rings. The average molecular weight is 372 g/mol. The number of hydrogen-bond acceptors (Lipinski definition) is 6. The first kappa shape index (κ1) is 17.8. The van der Waals surface area contributed by atoms with E-state index in [0.717, 1.165) is 11.8 Å². The Bertz CT molecular complexity index is 870. The van der Waals surface area contributed by atoms with Gasteiger partial charge < -0.3 is 4.90 Å². The van der Waals surface area contributed by atoms with Crippen LogP contribution in [0.4, 0.5) is 11.4 Å². The first-order chi connectivity index (χ1) is 11.2. The highest BCUT2D eigenvalue weighted by molar-refractivity contribution is 7.92. The van der Waals surface area contributed by atoms with E-state index in [1.54, 1.807) is 18.2 Å². The Morgan fingerprint density at radius 3 is 2.54 bits per heavy atom. The monoisotopic (exact) mass is 371 g/mol. The third kappa shape index (κ3) is 4.27. The van der Waals surface area contributed by atoms with Crippen molar-refractivity contribution in [3.05, 3.63) is 57.6 Å². The molecule has 1 N–H and O–H groups in total. The molecular weight excluding hydrogens is 358 g/mol. The maximum atomic E-state index is 12.4. The summed E-state index contributed by atoms with van der Waals surface area (Å²) in [5, 5.41) is 9.30. The number of anilines is 2. The fourth-order valence-electron chi connectivity index (χ4n) is 1.86. The highest BCUT2D eigenvalue weighted by atomic mass is 35.5. The molecule has 0 aliphatic heterocycles. The molecule has 0 aromatic heterocycles. The molecule has 2 aromatic carbocycles. The van der Waals surface area contributed by atoms with Gasteiger partial charge in [-0.05, 0) is 36.4 Å². The van der Waals surface area contributed by atoms with Crippen LogP contribution < -0.4 is 14.5 Å². The smallest absolute Gasteiger partial charge is 0.299 e. The molecule has 0 spiro atoms. The van der Waals surface area contributed by atoms with Crippen molar-refractivity contribution in [2.45, 2.75) is 4.90 Å². The molecule has 0 radical (unpaired) electrons. The minimum atomic E-state index is -3.96. The van der Waals surface area contributed by atoms with Gasteiger partial charge >= 0.3 is 0 Å². The summed E-state index contributed by atoms with van der Waals surface area (Å²) in [6.07, 6.45) is 0. The SMILES string of the molecule is CN(C)c1cccc(NS(=O)(=O)c2ccc(Cl)c(O[N+](=O)[O-])c2)c1. The summed E-state index contributed by atoms with van der Waals surface area (Å²) < 4.78 is 27.3. The molecule has 128 valence electrons. The lowest BCUT2D eigenvalue weighted by Crippen LogP contribution is -2.14. The molecule has 0 aliphatic carbocycles. The third-order valence-electron chi connectivity index (χ3n) is 3.00. The second kappa shape index (κ2) is 6.93. The predicted octanol–water partition coefficient (Wildman–Crippen LogP) is 2.78. The summed E-state index contributed by atoms with van der Waals surface area (Å²) in [7, 11) is -0.306. The van der Waals surface area contributed by atoms with Crippen LogP contribution in [0.3, 0.4) is 0 Å². The van der Waals surface area contributed by atoms with Crippen LogP contribution in [0.1, 0.15) is 0 Å². The largest absolute Gasteiger partial charge is 0.378 e. The Labute approximate surface area is 143 Å². The van der Waals surface area contributed by atoms with Crippen molar-refractivity contribution in [1.82, 2.24) is 0 Å². The zero-order chi connectivity index (χ0) is 17.9. The zero-order valence-electron chi connectivity index (χ0n) is 12.8. The van der Waals surface area contributed by atoms with Crippen LogP contribution in [0.15, 0.2) is 47.4 Å². The number of nitrogens with one attached hydrogen (secondary N) is 1. The highest BCUT2D eigenvalue weighted by Gasteiger charge is 2.18. The molecule has 0 bridgehead atoms. The third-order valence-corrected chi connectivity index (χ3v) is 4.69. The van der Waals surface area contributed by atoms with E-state index >= 15 is 0 Å². The van der Waals surface area contributed by atoms with Crippen molar-refractivity contribution in [2.75, 3.05) is 23.7 Å². The van der Waals surface area contributed by atoms with Crippen LogP contribution in [0, 0.1) is 10.1 Å². The maximum Gasteiger partial charge on any atom is 0.299 e. The van der Waals surface area contributed by atoms with Crippen LogP contribution in [0.2, 0.25) is 5.02 Å². The van der Waals surface area contributed by atoms with E-state index in [2.05, 4.69) is 9.56 Å². The zero-order valence-corrected chi connectivity index (χ0v) is 14.3. The topological polar surface area (TPSA) is 102 Å². The fraction of sp³-hybridized carbons (Fsp3) is 0.143. The summed E-state index contributed by atoms with van der Waals surface area (Å²) in [5.74, 6) is -0.355. The lowest BCUT2D eigenvalue weighted by atomic mass is 10.3. The van der Waals surface area contributed by atoms with Crippen LogP contribution in [-0.2, 0) is 10.0 Å². The molecule has 8 nitrogen and oxygen atoms in total. The van der Waals surface area contributed by atoms with E-state index in [1.807, 2.05) is 25.1 Å². The number of halogens is 1. The molecule has 2 aromatic rings. The first-order valence-electron chi connectivity index (χ1n) is 6.61. The van der Waals surface area contributed by atoms with E-state index in [1.165, 1.54) is 12.1 Å². The van der Waals surface area contributed by atoms with Crippen molar-refractivity contribution >= 4 is 33.0 Å². The van der Waals surface area contributed by atoms with Crippen molar-refractivity contribution < 1.29 is 18.3 Å². The van der Waals surface area contributed by atoms with Gasteiger partial charge in [0.25, 0.3) is 15.1 Å². The maximum absolute atomic E-state index is 12.4. The minimum Gasteiger partial charge on any atom is -0.378 e. The Balaban J connectivity index is 2.34. The van der Waals surface area contributed by atoms with E-state index in [-0.39, 0.29) is 15.7 Å². The summed E-state index contributed by atoms with van der Waals surface area (Å²) in [6, 6.07) is 10.2.